The molecule has 0 unspecified atom stereocenters. The van der Waals surface area contributed by atoms with Crippen molar-refractivity contribution in [2.24, 2.45) is 0 Å². The summed E-state index contributed by atoms with van der Waals surface area (Å²) < 4.78 is 13.6. The zero-order valence-corrected chi connectivity index (χ0v) is 9.82. The first-order valence-corrected chi connectivity index (χ1v) is 5.30. The number of hydrogen-bond donors (Lipinski definition) is 0. The molecule has 0 nitrogen and oxygen atoms in total. The zero-order chi connectivity index (χ0) is 10.9. The Hall–Kier alpha value is -0.560. The average Bonchev–Trinajstić information content (AvgIpc) is 2.01. The van der Waals surface area contributed by atoms with E-state index in [2.05, 4.69) is 13.8 Å². The van der Waals surface area contributed by atoms with Crippen molar-refractivity contribution >= 4 is 11.6 Å². The third-order valence-electron chi connectivity index (χ3n) is 2.33. The van der Waals surface area contributed by atoms with Crippen molar-refractivity contribution in [1.82, 2.24) is 0 Å². The molecule has 1 aromatic carbocycles. The lowest BCUT2D eigenvalue weighted by Crippen LogP contribution is -2.02. The van der Waals surface area contributed by atoms with Gasteiger partial charge in [-0.3, -0.25) is 0 Å². The first-order chi connectivity index (χ1) is 6.43. The maximum absolute atomic E-state index is 13.6. The predicted molar refractivity (Wildman–Crippen MR) is 59.6 cm³/mol. The smallest absolute Gasteiger partial charge is 0.128 e. The molecule has 2 heteroatoms. The lowest BCUT2D eigenvalue weighted by Gasteiger charge is -2.17. The van der Waals surface area contributed by atoms with Crippen molar-refractivity contribution in [3.63, 3.8) is 0 Å². The Morgan fingerprint density at radius 3 is 2.07 bits per heavy atom. The molecule has 0 saturated heterocycles. The average molecular weight is 215 g/mol. The summed E-state index contributed by atoms with van der Waals surface area (Å²) in [7, 11) is 0. The van der Waals surface area contributed by atoms with Gasteiger partial charge in [-0.25, -0.2) is 4.39 Å². The quantitative estimate of drug-likeness (QED) is 0.668. The molecule has 1 aromatic rings. The van der Waals surface area contributed by atoms with E-state index in [4.69, 9.17) is 11.6 Å². The molecule has 14 heavy (non-hydrogen) atoms. The van der Waals surface area contributed by atoms with Crippen LogP contribution in [0.5, 0.6) is 0 Å². The molecular formula is C12H16ClF. The monoisotopic (exact) mass is 214 g/mol. The largest absolute Gasteiger partial charge is 0.207 e. The summed E-state index contributed by atoms with van der Waals surface area (Å²) in [5.41, 5.74) is 1.81. The minimum absolute atomic E-state index is 0.184. The second-order valence-electron chi connectivity index (χ2n) is 4.20. The molecule has 0 aromatic heterocycles. The van der Waals surface area contributed by atoms with Gasteiger partial charge in [-0.1, -0.05) is 39.3 Å². The molecule has 0 saturated carbocycles. The van der Waals surface area contributed by atoms with Gasteiger partial charge in [-0.2, -0.15) is 0 Å². The summed E-state index contributed by atoms with van der Waals surface area (Å²) in [5.74, 6) is 0.321. The Bertz CT molecular complexity index is 329. The van der Waals surface area contributed by atoms with Gasteiger partial charge in [-0.15, -0.1) is 0 Å². The molecule has 0 N–H and O–H groups in total. The highest BCUT2D eigenvalue weighted by atomic mass is 35.5. The van der Waals surface area contributed by atoms with E-state index in [1.54, 1.807) is 0 Å². The van der Waals surface area contributed by atoms with Crippen LogP contribution >= 0.6 is 11.6 Å². The van der Waals surface area contributed by atoms with Crippen molar-refractivity contribution in [3.05, 3.63) is 34.1 Å². The third-order valence-corrected chi connectivity index (χ3v) is 2.54. The van der Waals surface area contributed by atoms with E-state index in [0.29, 0.717) is 10.9 Å². The Balaban J connectivity index is 3.37. The van der Waals surface area contributed by atoms with Gasteiger partial charge in [0.25, 0.3) is 0 Å². The maximum Gasteiger partial charge on any atom is 0.128 e. The molecule has 0 atom stereocenters. The van der Waals surface area contributed by atoms with Gasteiger partial charge < -0.3 is 0 Å². The molecule has 0 radical (unpaired) electrons. The highest BCUT2D eigenvalue weighted by Crippen LogP contribution is 2.31. The number of hydrogen-bond acceptors (Lipinski definition) is 0. The summed E-state index contributed by atoms with van der Waals surface area (Å²) in [4.78, 5) is 0. The highest BCUT2D eigenvalue weighted by molar-refractivity contribution is 6.30. The van der Waals surface area contributed by atoms with Gasteiger partial charge >= 0.3 is 0 Å². The predicted octanol–water partition coefficient (Wildman–Crippen LogP) is 4.73. The summed E-state index contributed by atoms with van der Waals surface area (Å²) in [5, 5.41) is 0.482. The van der Waals surface area contributed by atoms with Crippen LogP contribution in [0.15, 0.2) is 12.1 Å². The highest BCUT2D eigenvalue weighted by Gasteiger charge is 2.15. The van der Waals surface area contributed by atoms with Crippen molar-refractivity contribution in [3.8, 4) is 0 Å². The molecule has 0 heterocycles. The second kappa shape index (κ2) is 4.31. The van der Waals surface area contributed by atoms with Crippen LogP contribution in [0.3, 0.4) is 0 Å². The van der Waals surface area contributed by atoms with E-state index in [1.807, 2.05) is 19.9 Å². The summed E-state index contributed by atoms with van der Waals surface area (Å²) in [6.07, 6.45) is 0. The van der Waals surface area contributed by atoms with Crippen LogP contribution in [0.2, 0.25) is 5.02 Å². The first kappa shape index (κ1) is 11.5. The summed E-state index contributed by atoms with van der Waals surface area (Å²) >= 11 is 5.83. The standard InChI is InChI=1S/C12H16ClF/c1-7(2)10-5-9(13)6-11(14)12(10)8(3)4/h5-8H,1-4H3. The second-order valence-corrected chi connectivity index (χ2v) is 4.64. The molecule has 0 amide bonds. The molecular weight excluding hydrogens is 199 g/mol. The van der Waals surface area contributed by atoms with Gasteiger partial charge in [0.1, 0.15) is 5.82 Å². The minimum Gasteiger partial charge on any atom is -0.207 e. The molecule has 0 bridgehead atoms. The SMILES string of the molecule is CC(C)c1cc(Cl)cc(F)c1C(C)C. The molecule has 0 aliphatic rings. The number of rotatable bonds is 2. The van der Waals surface area contributed by atoms with E-state index in [0.717, 1.165) is 11.1 Å². The molecule has 78 valence electrons. The Kier molecular flexibility index (Phi) is 3.54. The van der Waals surface area contributed by atoms with Crippen LogP contribution in [0.4, 0.5) is 4.39 Å². The topological polar surface area (TPSA) is 0 Å². The van der Waals surface area contributed by atoms with E-state index in [1.165, 1.54) is 6.07 Å². The van der Waals surface area contributed by atoms with E-state index >= 15 is 0 Å². The first-order valence-electron chi connectivity index (χ1n) is 4.92. The van der Waals surface area contributed by atoms with Crippen molar-refractivity contribution in [1.29, 1.82) is 0 Å². The lowest BCUT2D eigenvalue weighted by atomic mass is 9.90. The van der Waals surface area contributed by atoms with Gasteiger partial charge in [-0.05, 0) is 35.1 Å². The molecule has 1 rings (SSSR count). The number of halogens is 2. The van der Waals surface area contributed by atoms with Crippen LogP contribution in [-0.2, 0) is 0 Å². The van der Waals surface area contributed by atoms with E-state index < -0.39 is 0 Å². The summed E-state index contributed by atoms with van der Waals surface area (Å²) in [6, 6.07) is 3.26. The fraction of sp³-hybridized carbons (Fsp3) is 0.500. The van der Waals surface area contributed by atoms with E-state index in [-0.39, 0.29) is 11.7 Å². The molecule has 0 spiro atoms. The Labute approximate surface area is 90.1 Å². The molecule has 0 fully saturated rings. The van der Waals surface area contributed by atoms with Gasteiger partial charge in [0.05, 0.1) is 0 Å². The maximum atomic E-state index is 13.6. The zero-order valence-electron chi connectivity index (χ0n) is 9.07. The van der Waals surface area contributed by atoms with Crippen LogP contribution in [0.25, 0.3) is 0 Å². The van der Waals surface area contributed by atoms with E-state index in [9.17, 15) is 4.39 Å². The molecule has 0 aliphatic heterocycles. The van der Waals surface area contributed by atoms with Crippen LogP contribution in [0, 0.1) is 5.82 Å². The van der Waals surface area contributed by atoms with Gasteiger partial charge in [0.2, 0.25) is 0 Å². The fourth-order valence-electron chi connectivity index (χ4n) is 1.69. The van der Waals surface area contributed by atoms with Crippen LogP contribution in [0.1, 0.15) is 50.7 Å². The van der Waals surface area contributed by atoms with Crippen LogP contribution in [-0.4, -0.2) is 0 Å². The third kappa shape index (κ3) is 2.27. The lowest BCUT2D eigenvalue weighted by molar-refractivity contribution is 0.590. The Morgan fingerprint density at radius 1 is 1.07 bits per heavy atom. The van der Waals surface area contributed by atoms with Gasteiger partial charge in [0.15, 0.2) is 0 Å². The van der Waals surface area contributed by atoms with Crippen molar-refractivity contribution in [2.75, 3.05) is 0 Å². The van der Waals surface area contributed by atoms with Crippen molar-refractivity contribution < 1.29 is 4.39 Å². The Morgan fingerprint density at radius 2 is 1.64 bits per heavy atom. The molecule has 0 aliphatic carbocycles. The minimum atomic E-state index is -0.184. The van der Waals surface area contributed by atoms with Crippen LogP contribution < -0.4 is 0 Å². The van der Waals surface area contributed by atoms with Gasteiger partial charge in [0, 0.05) is 5.02 Å². The summed E-state index contributed by atoms with van der Waals surface area (Å²) in [6.45, 7) is 8.10. The normalized spacial score (nSPS) is 11.4. The van der Waals surface area contributed by atoms with Crippen molar-refractivity contribution in [2.45, 2.75) is 39.5 Å². The fourth-order valence-corrected chi connectivity index (χ4v) is 1.90. The number of benzene rings is 1.